The molecule has 5 nitrogen and oxygen atoms in total. The molecule has 0 unspecified atom stereocenters. The fourth-order valence-corrected chi connectivity index (χ4v) is 3.91. The quantitative estimate of drug-likeness (QED) is 0.889. The molecule has 2 aliphatic rings. The number of hydrogen-bond donors (Lipinski definition) is 2. The number of nitrogens with zero attached hydrogens (tertiary/aromatic N) is 2. The topological polar surface area (TPSA) is 61.0 Å². The Kier molecular flexibility index (Phi) is 4.06. The van der Waals surface area contributed by atoms with Crippen LogP contribution in [-0.4, -0.2) is 47.2 Å². The van der Waals surface area contributed by atoms with E-state index in [1.807, 2.05) is 4.90 Å². The molecule has 3 heterocycles. The van der Waals surface area contributed by atoms with Crippen LogP contribution in [-0.2, 0) is 0 Å². The highest BCUT2D eigenvalue weighted by atomic mass is 19.1. The Morgan fingerprint density at radius 2 is 1.88 bits per heavy atom. The fourth-order valence-electron chi connectivity index (χ4n) is 3.91. The van der Waals surface area contributed by atoms with Gasteiger partial charge in [-0.15, -0.1) is 0 Å². The van der Waals surface area contributed by atoms with Crippen LogP contribution in [0.5, 0.6) is 0 Å². The second kappa shape index (κ2) is 6.36. The van der Waals surface area contributed by atoms with Crippen LogP contribution in [0, 0.1) is 17.7 Å². The van der Waals surface area contributed by atoms with Gasteiger partial charge in [0.05, 0.1) is 17.5 Å². The minimum Gasteiger partial charge on any atom is -0.339 e. The van der Waals surface area contributed by atoms with Gasteiger partial charge in [-0.2, -0.15) is 5.10 Å². The lowest BCUT2D eigenvalue weighted by molar-refractivity contribution is 0.0759. The molecule has 0 saturated carbocycles. The summed E-state index contributed by atoms with van der Waals surface area (Å²) in [5.41, 5.74) is 1.30. The highest BCUT2D eigenvalue weighted by molar-refractivity contribution is 5.99. The van der Waals surface area contributed by atoms with Gasteiger partial charge in [-0.1, -0.05) is 12.1 Å². The van der Waals surface area contributed by atoms with Crippen LogP contribution in [0.3, 0.4) is 0 Å². The molecule has 0 spiro atoms. The molecule has 1 amide bonds. The Hall–Kier alpha value is -2.21. The van der Waals surface area contributed by atoms with Gasteiger partial charge in [-0.3, -0.25) is 9.89 Å². The second-order valence-corrected chi connectivity index (χ2v) is 6.69. The van der Waals surface area contributed by atoms with Crippen LogP contribution in [0.15, 0.2) is 30.5 Å². The molecular formula is C18H21FN4O. The SMILES string of the molecule is O=C(c1cn[nH]c1-c1ccccc1F)N1CC[C@@H]2CNC[C@@H]2CC1. The molecule has 0 radical (unpaired) electrons. The third-order valence-electron chi connectivity index (χ3n) is 5.32. The van der Waals surface area contributed by atoms with E-state index in [-0.39, 0.29) is 11.7 Å². The predicted molar refractivity (Wildman–Crippen MR) is 89.0 cm³/mol. The molecule has 6 heteroatoms. The number of halogens is 1. The van der Waals surface area contributed by atoms with Crippen molar-refractivity contribution < 1.29 is 9.18 Å². The summed E-state index contributed by atoms with van der Waals surface area (Å²) in [5.74, 6) is 0.915. The number of hydrogen-bond acceptors (Lipinski definition) is 3. The summed E-state index contributed by atoms with van der Waals surface area (Å²) in [6.45, 7) is 3.62. The number of aromatic amines is 1. The highest BCUT2D eigenvalue weighted by Crippen LogP contribution is 2.29. The van der Waals surface area contributed by atoms with E-state index in [0.29, 0.717) is 28.7 Å². The summed E-state index contributed by atoms with van der Waals surface area (Å²) < 4.78 is 14.1. The van der Waals surface area contributed by atoms with E-state index in [1.54, 1.807) is 18.2 Å². The molecule has 4 rings (SSSR count). The summed E-state index contributed by atoms with van der Waals surface area (Å²) in [7, 11) is 0. The summed E-state index contributed by atoms with van der Waals surface area (Å²) in [6, 6.07) is 6.45. The monoisotopic (exact) mass is 328 g/mol. The first kappa shape index (κ1) is 15.3. The van der Waals surface area contributed by atoms with Crippen molar-refractivity contribution in [3.05, 3.63) is 41.8 Å². The zero-order valence-corrected chi connectivity index (χ0v) is 13.5. The molecule has 126 valence electrons. The van der Waals surface area contributed by atoms with Gasteiger partial charge in [0, 0.05) is 18.7 Å². The van der Waals surface area contributed by atoms with Crippen LogP contribution in [0.2, 0.25) is 0 Å². The predicted octanol–water partition coefficient (Wildman–Crippen LogP) is 2.29. The van der Waals surface area contributed by atoms with Crippen molar-refractivity contribution >= 4 is 5.91 Å². The average Bonchev–Trinajstić information content (AvgIpc) is 3.20. The third kappa shape index (κ3) is 2.71. The molecule has 0 aliphatic carbocycles. The summed E-state index contributed by atoms with van der Waals surface area (Å²) in [6.07, 6.45) is 3.56. The van der Waals surface area contributed by atoms with Crippen LogP contribution in [0.4, 0.5) is 4.39 Å². The Bertz CT molecular complexity index is 730. The van der Waals surface area contributed by atoms with Gasteiger partial charge in [-0.25, -0.2) is 4.39 Å². The number of carbonyl (C=O) groups is 1. The van der Waals surface area contributed by atoms with E-state index in [1.165, 1.54) is 12.3 Å². The van der Waals surface area contributed by atoms with Crippen molar-refractivity contribution in [1.29, 1.82) is 0 Å². The van der Waals surface area contributed by atoms with Crippen molar-refractivity contribution in [2.75, 3.05) is 26.2 Å². The molecular weight excluding hydrogens is 307 g/mol. The fraction of sp³-hybridized carbons (Fsp3) is 0.444. The van der Waals surface area contributed by atoms with Crippen LogP contribution < -0.4 is 5.32 Å². The number of amides is 1. The normalized spacial score (nSPS) is 23.8. The number of fused-ring (bicyclic) bond motifs is 1. The summed E-state index contributed by atoms with van der Waals surface area (Å²) in [4.78, 5) is 14.9. The van der Waals surface area contributed by atoms with Gasteiger partial charge in [0.2, 0.25) is 0 Å². The maximum atomic E-state index is 14.1. The van der Waals surface area contributed by atoms with Crippen LogP contribution in [0.25, 0.3) is 11.3 Å². The molecule has 1 aromatic carbocycles. The standard InChI is InChI=1S/C18H21FN4O/c19-16-4-2-1-3-14(16)17-15(11-21-22-17)18(24)23-7-5-12-9-20-10-13(12)6-8-23/h1-4,11-13,20H,5-10H2,(H,21,22)/t12-,13+. The number of H-pyrrole nitrogens is 1. The van der Waals surface area contributed by atoms with Crippen molar-refractivity contribution in [2.24, 2.45) is 11.8 Å². The maximum Gasteiger partial charge on any atom is 0.257 e. The van der Waals surface area contributed by atoms with Crippen molar-refractivity contribution in [2.45, 2.75) is 12.8 Å². The minimum absolute atomic E-state index is 0.0602. The average molecular weight is 328 g/mol. The van der Waals surface area contributed by atoms with Crippen molar-refractivity contribution in [3.63, 3.8) is 0 Å². The van der Waals surface area contributed by atoms with Gasteiger partial charge >= 0.3 is 0 Å². The minimum atomic E-state index is -0.354. The first-order valence-electron chi connectivity index (χ1n) is 8.52. The molecule has 2 saturated heterocycles. The van der Waals surface area contributed by atoms with Gasteiger partial charge < -0.3 is 10.2 Å². The van der Waals surface area contributed by atoms with Gasteiger partial charge in [0.15, 0.2) is 0 Å². The first-order valence-corrected chi connectivity index (χ1v) is 8.52. The number of likely N-dealkylation sites (tertiary alicyclic amines) is 1. The number of rotatable bonds is 2. The number of carbonyl (C=O) groups excluding carboxylic acids is 1. The second-order valence-electron chi connectivity index (χ2n) is 6.69. The lowest BCUT2D eigenvalue weighted by Gasteiger charge is -2.21. The van der Waals surface area contributed by atoms with Crippen molar-refractivity contribution in [1.82, 2.24) is 20.4 Å². The molecule has 2 N–H and O–H groups in total. The molecule has 0 bridgehead atoms. The van der Waals surface area contributed by atoms with E-state index < -0.39 is 0 Å². The van der Waals surface area contributed by atoms with E-state index >= 15 is 0 Å². The number of benzene rings is 1. The summed E-state index contributed by atoms with van der Waals surface area (Å²) >= 11 is 0. The molecule has 2 atom stereocenters. The molecule has 1 aromatic heterocycles. The van der Waals surface area contributed by atoms with Gasteiger partial charge in [0.25, 0.3) is 5.91 Å². The molecule has 2 aromatic rings. The Morgan fingerprint density at radius 1 is 1.17 bits per heavy atom. The van der Waals surface area contributed by atoms with Crippen LogP contribution in [0.1, 0.15) is 23.2 Å². The maximum absolute atomic E-state index is 14.1. The van der Waals surface area contributed by atoms with E-state index in [0.717, 1.165) is 39.0 Å². The largest absolute Gasteiger partial charge is 0.339 e. The van der Waals surface area contributed by atoms with E-state index in [9.17, 15) is 9.18 Å². The molecule has 2 fully saturated rings. The Balaban J connectivity index is 1.57. The first-order chi connectivity index (χ1) is 11.7. The zero-order valence-electron chi connectivity index (χ0n) is 13.5. The Labute approximate surface area is 140 Å². The lowest BCUT2D eigenvalue weighted by Crippen LogP contribution is -2.32. The van der Waals surface area contributed by atoms with Gasteiger partial charge in [0.1, 0.15) is 5.82 Å². The Morgan fingerprint density at radius 3 is 2.58 bits per heavy atom. The van der Waals surface area contributed by atoms with E-state index in [4.69, 9.17) is 0 Å². The van der Waals surface area contributed by atoms with Crippen molar-refractivity contribution in [3.8, 4) is 11.3 Å². The van der Waals surface area contributed by atoms with Crippen LogP contribution >= 0.6 is 0 Å². The molecule has 2 aliphatic heterocycles. The van der Waals surface area contributed by atoms with E-state index in [2.05, 4.69) is 15.5 Å². The number of nitrogens with one attached hydrogen (secondary N) is 2. The summed E-state index contributed by atoms with van der Waals surface area (Å²) in [5, 5.41) is 10.2. The molecule has 24 heavy (non-hydrogen) atoms. The van der Waals surface area contributed by atoms with Gasteiger partial charge in [-0.05, 0) is 49.9 Å². The number of aromatic nitrogens is 2. The lowest BCUT2D eigenvalue weighted by atomic mass is 9.92. The smallest absolute Gasteiger partial charge is 0.257 e. The highest BCUT2D eigenvalue weighted by Gasteiger charge is 2.32. The zero-order chi connectivity index (χ0) is 16.5. The third-order valence-corrected chi connectivity index (χ3v) is 5.32.